The van der Waals surface area contributed by atoms with Crippen LogP contribution >= 0.6 is 23.2 Å². The molecule has 0 aliphatic rings. The minimum absolute atomic E-state index is 0.0438. The van der Waals surface area contributed by atoms with Crippen LogP contribution in [0.15, 0.2) is 23.4 Å². The molecule has 0 aliphatic carbocycles. The summed E-state index contributed by atoms with van der Waals surface area (Å²) in [5, 5.41) is 4.46. The van der Waals surface area contributed by atoms with Crippen molar-refractivity contribution in [1.82, 2.24) is 0 Å². The summed E-state index contributed by atoms with van der Waals surface area (Å²) in [5.74, 6) is 0. The molecule has 0 radical (unpaired) electrons. The van der Waals surface area contributed by atoms with Crippen LogP contribution in [0.2, 0.25) is 10.0 Å². The lowest BCUT2D eigenvalue weighted by molar-refractivity contribution is 0.129. The molecule has 0 amide bonds. The Morgan fingerprint density at radius 3 is 2.79 bits per heavy atom. The van der Waals surface area contributed by atoms with E-state index in [0.29, 0.717) is 10.0 Å². The highest BCUT2D eigenvalue weighted by Crippen LogP contribution is 2.21. The second kappa shape index (κ2) is 5.83. The fraction of sp³-hybridized carbons (Fsp3) is 0.222. The lowest BCUT2D eigenvalue weighted by atomic mass is 10.2. The Morgan fingerprint density at radius 1 is 1.36 bits per heavy atom. The predicted octanol–water partition coefficient (Wildman–Crippen LogP) is 3.31. The van der Waals surface area contributed by atoms with E-state index >= 15 is 0 Å². The van der Waals surface area contributed by atoms with Gasteiger partial charge in [-0.25, -0.2) is 4.39 Å². The summed E-state index contributed by atoms with van der Waals surface area (Å²) >= 11 is 11.5. The topological polar surface area (TPSA) is 21.6 Å². The second-order valence-electron chi connectivity index (χ2n) is 2.43. The number of benzene rings is 1. The molecule has 14 heavy (non-hydrogen) atoms. The van der Waals surface area contributed by atoms with E-state index in [0.717, 1.165) is 5.56 Å². The van der Waals surface area contributed by atoms with Crippen molar-refractivity contribution in [2.75, 3.05) is 13.3 Å². The summed E-state index contributed by atoms with van der Waals surface area (Å²) < 4.78 is 11.6. The van der Waals surface area contributed by atoms with Crippen LogP contribution in [0.5, 0.6) is 0 Å². The number of oxime groups is 1. The summed E-state index contributed by atoms with van der Waals surface area (Å²) in [6, 6.07) is 5.03. The van der Waals surface area contributed by atoms with E-state index in [-0.39, 0.29) is 6.61 Å². The molecule has 0 spiro atoms. The number of hydrogen-bond acceptors (Lipinski definition) is 2. The van der Waals surface area contributed by atoms with E-state index in [1.165, 1.54) is 6.21 Å². The third-order valence-electron chi connectivity index (χ3n) is 1.39. The number of halogens is 3. The second-order valence-corrected chi connectivity index (χ2v) is 3.24. The third-order valence-corrected chi connectivity index (χ3v) is 2.13. The number of nitrogens with zero attached hydrogens (tertiary/aromatic N) is 1. The molecule has 0 atom stereocenters. The highest BCUT2D eigenvalue weighted by molar-refractivity contribution is 6.42. The Labute approximate surface area is 91.3 Å². The van der Waals surface area contributed by atoms with Gasteiger partial charge in [0.2, 0.25) is 0 Å². The molecule has 1 rings (SSSR count). The van der Waals surface area contributed by atoms with E-state index in [2.05, 4.69) is 9.99 Å². The monoisotopic (exact) mass is 235 g/mol. The van der Waals surface area contributed by atoms with E-state index in [1.807, 2.05) is 0 Å². The number of rotatable bonds is 4. The average Bonchev–Trinajstić information content (AvgIpc) is 2.18. The van der Waals surface area contributed by atoms with Gasteiger partial charge in [0, 0.05) is 0 Å². The van der Waals surface area contributed by atoms with Gasteiger partial charge in [0.15, 0.2) is 0 Å². The average molecular weight is 236 g/mol. The van der Waals surface area contributed by atoms with Crippen molar-refractivity contribution in [1.29, 1.82) is 0 Å². The minimum atomic E-state index is -0.557. The normalized spacial score (nSPS) is 10.8. The molecule has 1 aromatic rings. The van der Waals surface area contributed by atoms with Crippen LogP contribution in [-0.4, -0.2) is 19.5 Å². The molecular formula is C9H8Cl2FNO. The van der Waals surface area contributed by atoms with Gasteiger partial charge in [-0.3, -0.25) is 0 Å². The molecule has 0 bridgehead atoms. The predicted molar refractivity (Wildman–Crippen MR) is 56.0 cm³/mol. The largest absolute Gasteiger partial charge is 0.393 e. The maximum atomic E-state index is 11.6. The zero-order valence-electron chi connectivity index (χ0n) is 7.21. The Bertz CT molecular complexity index is 331. The molecule has 0 aliphatic heterocycles. The SMILES string of the molecule is FCCO/N=C/c1ccc(Cl)c(Cl)c1. The van der Waals surface area contributed by atoms with Gasteiger partial charge in [0.25, 0.3) is 0 Å². The summed E-state index contributed by atoms with van der Waals surface area (Å²) in [4.78, 5) is 4.58. The number of hydrogen-bond donors (Lipinski definition) is 0. The van der Waals surface area contributed by atoms with Crippen molar-refractivity contribution >= 4 is 29.4 Å². The van der Waals surface area contributed by atoms with Crippen LogP contribution in [-0.2, 0) is 4.84 Å². The van der Waals surface area contributed by atoms with Gasteiger partial charge in [0.1, 0.15) is 13.3 Å². The molecule has 1 aromatic carbocycles. The summed E-state index contributed by atoms with van der Waals surface area (Å²) in [5.41, 5.74) is 0.748. The lowest BCUT2D eigenvalue weighted by Gasteiger charge is -1.97. The van der Waals surface area contributed by atoms with Gasteiger partial charge in [0.05, 0.1) is 16.3 Å². The smallest absolute Gasteiger partial charge is 0.145 e. The van der Waals surface area contributed by atoms with Crippen molar-refractivity contribution < 1.29 is 9.23 Å². The highest BCUT2D eigenvalue weighted by atomic mass is 35.5. The van der Waals surface area contributed by atoms with Gasteiger partial charge in [-0.15, -0.1) is 0 Å². The van der Waals surface area contributed by atoms with Gasteiger partial charge in [-0.2, -0.15) is 0 Å². The van der Waals surface area contributed by atoms with Crippen LogP contribution in [0.1, 0.15) is 5.56 Å². The van der Waals surface area contributed by atoms with Crippen molar-refractivity contribution in [3.05, 3.63) is 33.8 Å². The standard InChI is InChI=1S/C9H8Cl2FNO/c10-8-2-1-7(5-9(8)11)6-13-14-4-3-12/h1-2,5-6H,3-4H2/b13-6+. The summed E-state index contributed by atoms with van der Waals surface area (Å²) in [6.07, 6.45) is 1.44. The van der Waals surface area contributed by atoms with Gasteiger partial charge < -0.3 is 4.84 Å². The van der Waals surface area contributed by atoms with E-state index in [1.54, 1.807) is 18.2 Å². The Hall–Kier alpha value is -0.800. The third kappa shape index (κ3) is 3.52. The fourth-order valence-corrected chi connectivity index (χ4v) is 1.08. The van der Waals surface area contributed by atoms with Gasteiger partial charge in [-0.05, 0) is 17.7 Å². The zero-order valence-corrected chi connectivity index (χ0v) is 8.72. The molecule has 0 fully saturated rings. The van der Waals surface area contributed by atoms with Crippen molar-refractivity contribution in [2.45, 2.75) is 0 Å². The quantitative estimate of drug-likeness (QED) is 0.446. The van der Waals surface area contributed by atoms with Gasteiger partial charge in [-0.1, -0.05) is 34.4 Å². The molecule has 0 unspecified atom stereocenters. The van der Waals surface area contributed by atoms with E-state index < -0.39 is 6.67 Å². The van der Waals surface area contributed by atoms with Gasteiger partial charge >= 0.3 is 0 Å². The van der Waals surface area contributed by atoms with E-state index in [4.69, 9.17) is 23.2 Å². The first-order valence-electron chi connectivity index (χ1n) is 3.90. The first-order chi connectivity index (χ1) is 6.74. The van der Waals surface area contributed by atoms with Crippen LogP contribution < -0.4 is 0 Å². The first kappa shape index (κ1) is 11.3. The molecule has 0 N–H and O–H groups in total. The van der Waals surface area contributed by atoms with Crippen molar-refractivity contribution in [3.8, 4) is 0 Å². The Morgan fingerprint density at radius 2 is 2.14 bits per heavy atom. The molecular weight excluding hydrogens is 228 g/mol. The van der Waals surface area contributed by atoms with Crippen molar-refractivity contribution in [3.63, 3.8) is 0 Å². The molecule has 76 valence electrons. The van der Waals surface area contributed by atoms with Crippen LogP contribution in [0.25, 0.3) is 0 Å². The Balaban J connectivity index is 2.59. The Kier molecular flexibility index (Phi) is 4.70. The lowest BCUT2D eigenvalue weighted by Crippen LogP contribution is -1.90. The van der Waals surface area contributed by atoms with E-state index in [9.17, 15) is 4.39 Å². The maximum Gasteiger partial charge on any atom is 0.145 e. The van der Waals surface area contributed by atoms with Crippen LogP contribution in [0, 0.1) is 0 Å². The molecule has 0 heterocycles. The minimum Gasteiger partial charge on any atom is -0.393 e. The van der Waals surface area contributed by atoms with Crippen LogP contribution in [0.3, 0.4) is 0 Å². The fourth-order valence-electron chi connectivity index (χ4n) is 0.778. The summed E-state index contributed by atoms with van der Waals surface area (Å²) in [7, 11) is 0. The summed E-state index contributed by atoms with van der Waals surface area (Å²) in [6.45, 7) is -0.601. The van der Waals surface area contributed by atoms with Crippen molar-refractivity contribution in [2.24, 2.45) is 5.16 Å². The molecule has 0 saturated carbocycles. The molecule has 2 nitrogen and oxygen atoms in total. The number of alkyl halides is 1. The molecule has 0 aromatic heterocycles. The van der Waals surface area contributed by atoms with Crippen LogP contribution in [0.4, 0.5) is 4.39 Å². The zero-order chi connectivity index (χ0) is 10.4. The highest BCUT2D eigenvalue weighted by Gasteiger charge is 1.96. The molecule has 5 heteroatoms. The first-order valence-corrected chi connectivity index (χ1v) is 4.66. The maximum absolute atomic E-state index is 11.6. The molecule has 0 saturated heterocycles.